The van der Waals surface area contributed by atoms with E-state index in [0.717, 1.165) is 42.5 Å². The summed E-state index contributed by atoms with van der Waals surface area (Å²) in [6, 6.07) is 3.65. The maximum Gasteiger partial charge on any atom is 0.289 e. The predicted molar refractivity (Wildman–Crippen MR) is 84.9 cm³/mol. The lowest BCUT2D eigenvalue weighted by atomic mass is 9.97. The van der Waals surface area contributed by atoms with Gasteiger partial charge >= 0.3 is 0 Å². The molecule has 0 aromatic carbocycles. The van der Waals surface area contributed by atoms with Crippen molar-refractivity contribution in [1.82, 2.24) is 20.1 Å². The summed E-state index contributed by atoms with van der Waals surface area (Å²) >= 11 is 1.68. The van der Waals surface area contributed by atoms with Gasteiger partial charge in [0, 0.05) is 19.0 Å². The fraction of sp³-hybridized carbons (Fsp3) is 0.533. The largest absolute Gasteiger partial charge is 0.455 e. The molecule has 1 atom stereocenters. The van der Waals surface area contributed by atoms with Crippen molar-refractivity contribution < 1.29 is 9.21 Å². The Labute approximate surface area is 133 Å². The van der Waals surface area contributed by atoms with Gasteiger partial charge in [0.2, 0.25) is 0 Å². The molecule has 0 aliphatic carbocycles. The van der Waals surface area contributed by atoms with Gasteiger partial charge in [-0.1, -0.05) is 0 Å². The number of furan rings is 1. The second-order valence-corrected chi connectivity index (χ2v) is 6.43. The molecule has 1 amide bonds. The molecule has 0 saturated carbocycles. The van der Waals surface area contributed by atoms with Crippen LogP contribution in [-0.2, 0) is 5.75 Å². The van der Waals surface area contributed by atoms with E-state index >= 15 is 0 Å². The number of hydrogen-bond acceptors (Lipinski definition) is 5. The second kappa shape index (κ2) is 6.56. The molecule has 7 heteroatoms. The molecule has 2 aromatic heterocycles. The molecule has 1 aliphatic rings. The summed E-state index contributed by atoms with van der Waals surface area (Å²) in [6.07, 6.45) is 3.98. The van der Waals surface area contributed by atoms with Gasteiger partial charge in [-0.15, -0.1) is 0 Å². The van der Waals surface area contributed by atoms with Gasteiger partial charge in [-0.05, 0) is 38.2 Å². The number of nitrogens with zero attached hydrogens (tertiary/aromatic N) is 3. The van der Waals surface area contributed by atoms with Crippen molar-refractivity contribution in [3.05, 3.63) is 35.3 Å². The van der Waals surface area contributed by atoms with Crippen molar-refractivity contribution in [3.63, 3.8) is 0 Å². The first kappa shape index (κ1) is 15.1. The lowest BCUT2D eigenvalue weighted by molar-refractivity contribution is 0.0671. The lowest BCUT2D eigenvalue weighted by Crippen LogP contribution is -2.39. The standard InChI is InChI=1S/C15H20N4O2S/c1-10-16-14(18-17-10)11-4-3-7-19(8-11)15(20)13-6-5-12(21-13)9-22-2/h5-6,11H,3-4,7-9H2,1-2H3,(H,16,17,18)/t11-/m1/s1. The average molecular weight is 320 g/mol. The summed E-state index contributed by atoms with van der Waals surface area (Å²) < 4.78 is 5.63. The molecule has 1 N–H and O–H groups in total. The number of aromatic nitrogens is 3. The van der Waals surface area contributed by atoms with Crippen LogP contribution in [0.5, 0.6) is 0 Å². The first-order valence-corrected chi connectivity index (χ1v) is 8.82. The molecule has 0 spiro atoms. The monoisotopic (exact) mass is 320 g/mol. The zero-order valence-corrected chi connectivity index (χ0v) is 13.7. The number of H-pyrrole nitrogens is 1. The summed E-state index contributed by atoms with van der Waals surface area (Å²) in [6.45, 7) is 3.30. The van der Waals surface area contributed by atoms with Crippen LogP contribution in [0.15, 0.2) is 16.5 Å². The summed E-state index contributed by atoms with van der Waals surface area (Å²) in [5.74, 6) is 3.83. The third-order valence-corrected chi connectivity index (χ3v) is 4.42. The first-order chi connectivity index (χ1) is 10.7. The van der Waals surface area contributed by atoms with Gasteiger partial charge < -0.3 is 9.32 Å². The molecule has 1 saturated heterocycles. The lowest BCUT2D eigenvalue weighted by Gasteiger charge is -2.30. The van der Waals surface area contributed by atoms with Crippen LogP contribution in [0.3, 0.4) is 0 Å². The van der Waals surface area contributed by atoms with E-state index in [4.69, 9.17) is 4.42 Å². The number of aromatic amines is 1. The van der Waals surface area contributed by atoms with Gasteiger partial charge in [-0.25, -0.2) is 4.98 Å². The number of nitrogens with one attached hydrogen (secondary N) is 1. The number of thioether (sulfide) groups is 1. The van der Waals surface area contributed by atoms with Crippen molar-refractivity contribution in [2.45, 2.75) is 31.4 Å². The van der Waals surface area contributed by atoms with E-state index in [1.807, 2.05) is 24.1 Å². The summed E-state index contributed by atoms with van der Waals surface area (Å²) in [5, 5.41) is 7.11. The number of carbonyl (C=O) groups is 1. The summed E-state index contributed by atoms with van der Waals surface area (Å²) in [5.41, 5.74) is 0. The van der Waals surface area contributed by atoms with E-state index in [1.165, 1.54) is 0 Å². The molecule has 0 radical (unpaired) electrons. The average Bonchev–Trinajstić information content (AvgIpc) is 3.16. The Balaban J connectivity index is 1.69. The Bertz CT molecular complexity index is 652. The zero-order chi connectivity index (χ0) is 15.5. The van der Waals surface area contributed by atoms with E-state index in [0.29, 0.717) is 12.3 Å². The zero-order valence-electron chi connectivity index (χ0n) is 12.8. The van der Waals surface area contributed by atoms with Gasteiger partial charge in [-0.3, -0.25) is 9.89 Å². The molecule has 0 bridgehead atoms. The molecule has 6 nitrogen and oxygen atoms in total. The third kappa shape index (κ3) is 3.19. The van der Waals surface area contributed by atoms with Crippen LogP contribution in [-0.4, -0.2) is 45.3 Å². The van der Waals surface area contributed by atoms with E-state index in [1.54, 1.807) is 17.8 Å². The molecule has 2 aromatic rings. The summed E-state index contributed by atoms with van der Waals surface area (Å²) in [7, 11) is 0. The predicted octanol–water partition coefficient (Wildman–Crippen LogP) is 2.59. The molecule has 3 rings (SSSR count). The van der Waals surface area contributed by atoms with E-state index in [9.17, 15) is 4.79 Å². The normalized spacial score (nSPS) is 18.6. The Morgan fingerprint density at radius 1 is 1.55 bits per heavy atom. The quantitative estimate of drug-likeness (QED) is 0.937. The van der Waals surface area contributed by atoms with Crippen molar-refractivity contribution in [2.75, 3.05) is 19.3 Å². The Hall–Kier alpha value is -1.76. The number of hydrogen-bond donors (Lipinski definition) is 1. The number of aryl methyl sites for hydroxylation is 1. The molecule has 1 aliphatic heterocycles. The fourth-order valence-electron chi connectivity index (χ4n) is 2.78. The number of amides is 1. The SMILES string of the molecule is CSCc1ccc(C(=O)N2CCC[C@@H](c3n[nH]c(C)n3)C2)o1. The van der Waals surface area contributed by atoms with Crippen molar-refractivity contribution in [2.24, 2.45) is 0 Å². The highest BCUT2D eigenvalue weighted by atomic mass is 32.2. The molecular formula is C15H20N4O2S. The van der Waals surface area contributed by atoms with Gasteiger partial charge in [0.15, 0.2) is 11.6 Å². The molecule has 3 heterocycles. The molecule has 0 unspecified atom stereocenters. The highest BCUT2D eigenvalue weighted by Crippen LogP contribution is 2.26. The van der Waals surface area contributed by atoms with Crippen molar-refractivity contribution in [3.8, 4) is 0 Å². The number of piperidine rings is 1. The maximum absolute atomic E-state index is 12.6. The minimum atomic E-state index is -0.0377. The molecular weight excluding hydrogens is 300 g/mol. The minimum absolute atomic E-state index is 0.0377. The van der Waals surface area contributed by atoms with Gasteiger partial charge in [0.05, 0.1) is 5.75 Å². The highest BCUT2D eigenvalue weighted by molar-refractivity contribution is 7.97. The molecule has 1 fully saturated rings. The Morgan fingerprint density at radius 2 is 2.41 bits per heavy atom. The van der Waals surface area contributed by atoms with E-state index in [2.05, 4.69) is 15.2 Å². The van der Waals surface area contributed by atoms with Crippen molar-refractivity contribution in [1.29, 1.82) is 0 Å². The highest BCUT2D eigenvalue weighted by Gasteiger charge is 2.29. The van der Waals surface area contributed by atoms with Crippen LogP contribution >= 0.6 is 11.8 Å². The van der Waals surface area contributed by atoms with Crippen LogP contribution in [0, 0.1) is 6.92 Å². The van der Waals surface area contributed by atoms with E-state index in [-0.39, 0.29) is 11.8 Å². The summed E-state index contributed by atoms with van der Waals surface area (Å²) in [4.78, 5) is 18.8. The first-order valence-electron chi connectivity index (χ1n) is 7.43. The number of carbonyl (C=O) groups excluding carboxylic acids is 1. The Kier molecular flexibility index (Phi) is 4.52. The van der Waals surface area contributed by atoms with Crippen LogP contribution in [0.2, 0.25) is 0 Å². The second-order valence-electron chi connectivity index (χ2n) is 5.57. The van der Waals surface area contributed by atoms with Crippen LogP contribution in [0.1, 0.15) is 46.7 Å². The van der Waals surface area contributed by atoms with E-state index < -0.39 is 0 Å². The minimum Gasteiger partial charge on any atom is -0.455 e. The molecule has 22 heavy (non-hydrogen) atoms. The van der Waals surface area contributed by atoms with Crippen LogP contribution in [0.4, 0.5) is 0 Å². The smallest absolute Gasteiger partial charge is 0.289 e. The topological polar surface area (TPSA) is 75.0 Å². The number of likely N-dealkylation sites (tertiary alicyclic amines) is 1. The van der Waals surface area contributed by atoms with Gasteiger partial charge in [-0.2, -0.15) is 16.9 Å². The van der Waals surface area contributed by atoms with Gasteiger partial charge in [0.25, 0.3) is 5.91 Å². The van der Waals surface area contributed by atoms with Gasteiger partial charge in [0.1, 0.15) is 11.6 Å². The molecule has 118 valence electrons. The van der Waals surface area contributed by atoms with Crippen LogP contribution in [0.25, 0.3) is 0 Å². The van der Waals surface area contributed by atoms with Crippen molar-refractivity contribution >= 4 is 17.7 Å². The number of rotatable bonds is 4. The maximum atomic E-state index is 12.6. The fourth-order valence-corrected chi connectivity index (χ4v) is 3.22. The third-order valence-electron chi connectivity index (χ3n) is 3.85. The van der Waals surface area contributed by atoms with Crippen LogP contribution < -0.4 is 0 Å². The Morgan fingerprint density at radius 3 is 3.14 bits per heavy atom.